The molecule has 6 heteroatoms. The summed E-state index contributed by atoms with van der Waals surface area (Å²) in [7, 11) is 0. The molecule has 3 unspecified atom stereocenters. The predicted octanol–water partition coefficient (Wildman–Crippen LogP) is 0.904. The van der Waals surface area contributed by atoms with Crippen molar-refractivity contribution in [3.63, 3.8) is 0 Å². The van der Waals surface area contributed by atoms with Gasteiger partial charge in [-0.25, -0.2) is 0 Å². The number of hydrogen-bond acceptors (Lipinski definition) is 4. The number of aromatic nitrogens is 3. The molecule has 6 nitrogen and oxygen atoms in total. The molecule has 0 aliphatic carbocycles. The van der Waals surface area contributed by atoms with E-state index in [2.05, 4.69) is 20.8 Å². The first-order chi connectivity index (χ1) is 9.66. The van der Waals surface area contributed by atoms with Gasteiger partial charge in [0.05, 0.1) is 12.0 Å². The second-order valence-electron chi connectivity index (χ2n) is 5.36. The van der Waals surface area contributed by atoms with Gasteiger partial charge in [0.15, 0.2) is 11.5 Å². The minimum absolute atomic E-state index is 0.0386. The topological polar surface area (TPSA) is 71.3 Å². The summed E-state index contributed by atoms with van der Waals surface area (Å²) >= 11 is 0. The van der Waals surface area contributed by atoms with Crippen molar-refractivity contribution in [2.24, 2.45) is 5.92 Å². The standard InChI is InChI=1S/C14H19N5O/c1-9-11(6-7-15-9)14(20)16-10(2)13-18-17-12-5-3-4-8-19(12)13/h3-5,8-11,15H,6-7H2,1-2H3,(H,16,20). The highest BCUT2D eigenvalue weighted by Gasteiger charge is 2.30. The highest BCUT2D eigenvalue weighted by Crippen LogP contribution is 2.18. The zero-order chi connectivity index (χ0) is 14.1. The molecule has 3 rings (SSSR count). The van der Waals surface area contributed by atoms with Crippen molar-refractivity contribution >= 4 is 11.6 Å². The average Bonchev–Trinajstić information content (AvgIpc) is 3.04. The molecule has 1 fully saturated rings. The average molecular weight is 273 g/mol. The van der Waals surface area contributed by atoms with Crippen LogP contribution < -0.4 is 10.6 Å². The van der Waals surface area contributed by atoms with E-state index in [1.807, 2.05) is 42.6 Å². The zero-order valence-corrected chi connectivity index (χ0v) is 11.7. The maximum atomic E-state index is 12.3. The number of fused-ring (bicyclic) bond motifs is 1. The van der Waals surface area contributed by atoms with E-state index >= 15 is 0 Å². The van der Waals surface area contributed by atoms with Crippen LogP contribution in [0.25, 0.3) is 5.65 Å². The Morgan fingerprint density at radius 1 is 1.50 bits per heavy atom. The first-order valence-electron chi connectivity index (χ1n) is 7.00. The lowest BCUT2D eigenvalue weighted by molar-refractivity contribution is -0.125. The fourth-order valence-electron chi connectivity index (χ4n) is 2.76. The maximum Gasteiger partial charge on any atom is 0.225 e. The lowest BCUT2D eigenvalue weighted by Gasteiger charge is -2.18. The number of carbonyl (C=O) groups excluding carboxylic acids is 1. The van der Waals surface area contributed by atoms with Crippen molar-refractivity contribution in [1.82, 2.24) is 25.2 Å². The summed E-state index contributed by atoms with van der Waals surface area (Å²) in [5, 5.41) is 14.6. The largest absolute Gasteiger partial charge is 0.346 e. The monoisotopic (exact) mass is 273 g/mol. The molecule has 1 aliphatic heterocycles. The Morgan fingerprint density at radius 3 is 3.10 bits per heavy atom. The first-order valence-corrected chi connectivity index (χ1v) is 7.00. The minimum atomic E-state index is -0.160. The summed E-state index contributed by atoms with van der Waals surface area (Å²) in [6.07, 6.45) is 2.80. The third-order valence-electron chi connectivity index (χ3n) is 3.95. The molecule has 1 aliphatic rings. The molecule has 0 radical (unpaired) electrons. The Hall–Kier alpha value is -1.95. The molecule has 2 aromatic rings. The van der Waals surface area contributed by atoms with Crippen molar-refractivity contribution < 1.29 is 4.79 Å². The molecule has 0 aromatic carbocycles. The van der Waals surface area contributed by atoms with Crippen LogP contribution in [0.4, 0.5) is 0 Å². The van der Waals surface area contributed by atoms with Crippen LogP contribution >= 0.6 is 0 Å². The van der Waals surface area contributed by atoms with Crippen molar-refractivity contribution in [3.8, 4) is 0 Å². The molecule has 3 heterocycles. The van der Waals surface area contributed by atoms with E-state index < -0.39 is 0 Å². The first kappa shape index (κ1) is 13.1. The second-order valence-corrected chi connectivity index (χ2v) is 5.36. The van der Waals surface area contributed by atoms with Gasteiger partial charge in [-0.3, -0.25) is 9.20 Å². The number of rotatable bonds is 3. The Labute approximate surface area is 117 Å². The van der Waals surface area contributed by atoms with E-state index in [0.29, 0.717) is 0 Å². The van der Waals surface area contributed by atoms with E-state index in [1.54, 1.807) is 0 Å². The lowest BCUT2D eigenvalue weighted by atomic mass is 10.0. The van der Waals surface area contributed by atoms with Gasteiger partial charge in [-0.2, -0.15) is 0 Å². The number of nitrogens with one attached hydrogen (secondary N) is 2. The van der Waals surface area contributed by atoms with Gasteiger partial charge in [0.1, 0.15) is 0 Å². The Kier molecular flexibility index (Phi) is 3.40. The third kappa shape index (κ3) is 2.27. The smallest absolute Gasteiger partial charge is 0.225 e. The number of nitrogens with zero attached hydrogens (tertiary/aromatic N) is 3. The maximum absolute atomic E-state index is 12.3. The molecular weight excluding hydrogens is 254 g/mol. The number of pyridine rings is 1. The van der Waals surface area contributed by atoms with E-state index in [1.165, 1.54) is 0 Å². The highest BCUT2D eigenvalue weighted by molar-refractivity contribution is 5.80. The Bertz CT molecular complexity index is 623. The zero-order valence-electron chi connectivity index (χ0n) is 11.7. The van der Waals surface area contributed by atoms with Gasteiger partial charge < -0.3 is 10.6 Å². The van der Waals surface area contributed by atoms with Crippen LogP contribution in [-0.4, -0.2) is 33.1 Å². The van der Waals surface area contributed by atoms with Gasteiger partial charge in [0.2, 0.25) is 5.91 Å². The minimum Gasteiger partial charge on any atom is -0.346 e. The quantitative estimate of drug-likeness (QED) is 0.872. The molecular formula is C14H19N5O. The van der Waals surface area contributed by atoms with Gasteiger partial charge in [0, 0.05) is 12.2 Å². The second kappa shape index (κ2) is 5.20. The molecule has 0 saturated carbocycles. The fraction of sp³-hybridized carbons (Fsp3) is 0.500. The summed E-state index contributed by atoms with van der Waals surface area (Å²) in [5.74, 6) is 0.881. The number of amides is 1. The van der Waals surface area contributed by atoms with Gasteiger partial charge in [-0.15, -0.1) is 10.2 Å². The van der Waals surface area contributed by atoms with Gasteiger partial charge in [0.25, 0.3) is 0 Å². The van der Waals surface area contributed by atoms with E-state index in [0.717, 1.165) is 24.4 Å². The normalized spacial score (nSPS) is 23.9. The van der Waals surface area contributed by atoms with E-state index in [9.17, 15) is 4.79 Å². The summed E-state index contributed by atoms with van der Waals surface area (Å²) in [6, 6.07) is 5.82. The molecule has 3 atom stereocenters. The molecule has 2 aromatic heterocycles. The molecule has 20 heavy (non-hydrogen) atoms. The molecule has 1 saturated heterocycles. The van der Waals surface area contributed by atoms with Crippen LogP contribution in [0.1, 0.15) is 32.1 Å². The number of carbonyl (C=O) groups is 1. The van der Waals surface area contributed by atoms with Crippen molar-refractivity contribution in [2.75, 3.05) is 6.54 Å². The number of hydrogen-bond donors (Lipinski definition) is 2. The highest BCUT2D eigenvalue weighted by atomic mass is 16.2. The molecule has 106 valence electrons. The summed E-state index contributed by atoms with van der Waals surface area (Å²) in [6.45, 7) is 4.89. The lowest BCUT2D eigenvalue weighted by Crippen LogP contribution is -2.38. The van der Waals surface area contributed by atoms with E-state index in [4.69, 9.17) is 0 Å². The third-order valence-corrected chi connectivity index (χ3v) is 3.95. The van der Waals surface area contributed by atoms with Gasteiger partial charge in [-0.05, 0) is 38.9 Å². The SMILES string of the molecule is CC(NC(=O)C1CCNC1C)c1nnc2ccccn12. The van der Waals surface area contributed by atoms with Crippen molar-refractivity contribution in [1.29, 1.82) is 0 Å². The van der Waals surface area contributed by atoms with Crippen LogP contribution in [0.5, 0.6) is 0 Å². The van der Waals surface area contributed by atoms with Crippen molar-refractivity contribution in [2.45, 2.75) is 32.4 Å². The molecule has 2 N–H and O–H groups in total. The van der Waals surface area contributed by atoms with Crippen LogP contribution in [0.2, 0.25) is 0 Å². The molecule has 1 amide bonds. The van der Waals surface area contributed by atoms with Crippen LogP contribution in [0.15, 0.2) is 24.4 Å². The summed E-state index contributed by atoms with van der Waals surface area (Å²) in [5.41, 5.74) is 0.791. The van der Waals surface area contributed by atoms with Crippen molar-refractivity contribution in [3.05, 3.63) is 30.2 Å². The summed E-state index contributed by atoms with van der Waals surface area (Å²) in [4.78, 5) is 12.3. The Balaban J connectivity index is 1.76. The molecule has 0 bridgehead atoms. The van der Waals surface area contributed by atoms with Crippen LogP contribution in [0.3, 0.4) is 0 Å². The van der Waals surface area contributed by atoms with Crippen LogP contribution in [-0.2, 0) is 4.79 Å². The van der Waals surface area contributed by atoms with Crippen LogP contribution in [0, 0.1) is 5.92 Å². The molecule has 0 spiro atoms. The van der Waals surface area contributed by atoms with Gasteiger partial charge in [-0.1, -0.05) is 6.07 Å². The van der Waals surface area contributed by atoms with Gasteiger partial charge >= 0.3 is 0 Å². The fourth-order valence-corrected chi connectivity index (χ4v) is 2.76. The summed E-state index contributed by atoms with van der Waals surface area (Å²) < 4.78 is 1.90. The van der Waals surface area contributed by atoms with E-state index in [-0.39, 0.29) is 23.9 Å². The predicted molar refractivity (Wildman–Crippen MR) is 75.1 cm³/mol. The Morgan fingerprint density at radius 2 is 2.35 bits per heavy atom.